The molecular formula is C10H15N3O3. The van der Waals surface area contributed by atoms with E-state index in [1.165, 1.54) is 25.1 Å². The van der Waals surface area contributed by atoms with E-state index >= 15 is 0 Å². The Hall–Kier alpha value is -1.69. The van der Waals surface area contributed by atoms with Crippen LogP contribution in [0.25, 0.3) is 0 Å². The molecule has 1 heterocycles. The van der Waals surface area contributed by atoms with Gasteiger partial charge in [0.05, 0.1) is 13.4 Å². The van der Waals surface area contributed by atoms with Crippen LogP contribution in [0, 0.1) is 13.8 Å². The van der Waals surface area contributed by atoms with Gasteiger partial charge >= 0.3 is 0 Å². The molecule has 1 rings (SSSR count). The molecule has 0 saturated heterocycles. The van der Waals surface area contributed by atoms with E-state index in [1.54, 1.807) is 13.8 Å². The van der Waals surface area contributed by atoms with E-state index in [0.717, 1.165) is 5.06 Å². The van der Waals surface area contributed by atoms with Gasteiger partial charge in [-0.15, -0.1) is 0 Å². The topological polar surface area (TPSA) is 64.4 Å². The number of aryl methyl sites for hydroxylation is 1. The molecule has 1 amide bonds. The third-order valence-electron chi connectivity index (χ3n) is 2.45. The summed E-state index contributed by atoms with van der Waals surface area (Å²) in [5.74, 6) is -0.311. The first kappa shape index (κ1) is 12.4. The van der Waals surface area contributed by atoms with Crippen LogP contribution in [-0.4, -0.2) is 34.7 Å². The summed E-state index contributed by atoms with van der Waals surface area (Å²) < 4.78 is 1.26. The lowest BCUT2D eigenvalue weighted by molar-refractivity contribution is -0.169. The standard InChI is InChI=1S/C10H15N3O3/c1-7-8(2)11-6-13(10(7)15)5-9(14)12(3)16-4/h6H,5H2,1-4H3. The molecule has 1 aromatic heterocycles. The predicted molar refractivity (Wildman–Crippen MR) is 57.8 cm³/mol. The van der Waals surface area contributed by atoms with E-state index < -0.39 is 0 Å². The van der Waals surface area contributed by atoms with Crippen LogP contribution < -0.4 is 5.56 Å². The third-order valence-corrected chi connectivity index (χ3v) is 2.45. The Kier molecular flexibility index (Phi) is 3.78. The average molecular weight is 225 g/mol. The molecule has 0 unspecified atom stereocenters. The second-order valence-corrected chi connectivity index (χ2v) is 3.46. The summed E-state index contributed by atoms with van der Waals surface area (Å²) in [6.07, 6.45) is 1.37. The Morgan fingerprint density at radius 1 is 1.56 bits per heavy atom. The SMILES string of the molecule is CON(C)C(=O)Cn1cnc(C)c(C)c1=O. The first-order valence-electron chi connectivity index (χ1n) is 4.80. The van der Waals surface area contributed by atoms with Crippen LogP contribution in [0.15, 0.2) is 11.1 Å². The van der Waals surface area contributed by atoms with Gasteiger partial charge in [0.1, 0.15) is 6.54 Å². The van der Waals surface area contributed by atoms with Gasteiger partial charge < -0.3 is 0 Å². The van der Waals surface area contributed by atoms with Gasteiger partial charge in [-0.25, -0.2) is 10.0 Å². The zero-order valence-corrected chi connectivity index (χ0v) is 9.85. The van der Waals surface area contributed by atoms with Crippen molar-refractivity contribution < 1.29 is 9.63 Å². The number of aromatic nitrogens is 2. The average Bonchev–Trinajstić information content (AvgIpc) is 2.28. The lowest BCUT2D eigenvalue weighted by Gasteiger charge is -2.14. The Balaban J connectivity index is 2.95. The van der Waals surface area contributed by atoms with Gasteiger partial charge in [-0.3, -0.25) is 19.0 Å². The molecule has 0 aromatic carbocycles. The number of likely N-dealkylation sites (N-methyl/N-ethyl adjacent to an activating group) is 1. The van der Waals surface area contributed by atoms with Gasteiger partial charge in [0.15, 0.2) is 0 Å². The minimum atomic E-state index is -0.311. The van der Waals surface area contributed by atoms with Gasteiger partial charge in [0.2, 0.25) is 0 Å². The predicted octanol–water partition coefficient (Wildman–Crippen LogP) is -0.120. The number of hydrogen-bond donors (Lipinski definition) is 0. The van der Waals surface area contributed by atoms with Crippen molar-refractivity contribution in [2.75, 3.05) is 14.2 Å². The molecule has 6 heteroatoms. The summed E-state index contributed by atoms with van der Waals surface area (Å²) in [6.45, 7) is 3.37. The van der Waals surface area contributed by atoms with Crippen molar-refractivity contribution in [2.45, 2.75) is 20.4 Å². The third kappa shape index (κ3) is 2.46. The number of hydrogen-bond acceptors (Lipinski definition) is 4. The highest BCUT2D eigenvalue weighted by molar-refractivity contribution is 5.74. The zero-order chi connectivity index (χ0) is 12.3. The molecular weight excluding hydrogens is 210 g/mol. The van der Waals surface area contributed by atoms with E-state index in [1.807, 2.05) is 0 Å². The van der Waals surface area contributed by atoms with Gasteiger partial charge in [0, 0.05) is 18.3 Å². The number of carbonyl (C=O) groups excluding carboxylic acids is 1. The summed E-state index contributed by atoms with van der Waals surface area (Å²) in [5, 5.41) is 1.07. The quantitative estimate of drug-likeness (QED) is 0.673. The molecule has 0 spiro atoms. The van der Waals surface area contributed by atoms with Crippen molar-refractivity contribution in [3.8, 4) is 0 Å². The van der Waals surface area contributed by atoms with Gasteiger partial charge in [0.25, 0.3) is 11.5 Å². The Morgan fingerprint density at radius 3 is 2.75 bits per heavy atom. The molecule has 0 aliphatic rings. The first-order chi connectivity index (χ1) is 7.47. The number of rotatable bonds is 3. The Bertz CT molecular complexity index is 453. The molecule has 0 saturated carbocycles. The zero-order valence-electron chi connectivity index (χ0n) is 9.85. The fraction of sp³-hybridized carbons (Fsp3) is 0.500. The highest BCUT2D eigenvalue weighted by Gasteiger charge is 2.11. The van der Waals surface area contributed by atoms with Crippen molar-refractivity contribution in [1.29, 1.82) is 0 Å². The van der Waals surface area contributed by atoms with Crippen LogP contribution in [0.1, 0.15) is 11.3 Å². The molecule has 0 N–H and O–H groups in total. The van der Waals surface area contributed by atoms with Crippen molar-refractivity contribution in [3.63, 3.8) is 0 Å². The van der Waals surface area contributed by atoms with Crippen molar-refractivity contribution in [3.05, 3.63) is 27.9 Å². The molecule has 6 nitrogen and oxygen atoms in total. The monoisotopic (exact) mass is 225 g/mol. The van der Waals surface area contributed by atoms with Crippen LogP contribution in [0.2, 0.25) is 0 Å². The highest BCUT2D eigenvalue weighted by atomic mass is 16.7. The molecule has 1 aromatic rings. The number of hydroxylamine groups is 2. The minimum absolute atomic E-state index is 0.0721. The fourth-order valence-electron chi connectivity index (χ4n) is 1.14. The number of nitrogens with zero attached hydrogens (tertiary/aromatic N) is 3. The lowest BCUT2D eigenvalue weighted by atomic mass is 10.3. The van der Waals surface area contributed by atoms with Crippen LogP contribution in [0.4, 0.5) is 0 Å². The highest BCUT2D eigenvalue weighted by Crippen LogP contribution is 1.95. The van der Waals surface area contributed by atoms with E-state index in [2.05, 4.69) is 4.98 Å². The molecule has 0 bridgehead atoms. The van der Waals surface area contributed by atoms with Crippen LogP contribution in [0.3, 0.4) is 0 Å². The van der Waals surface area contributed by atoms with Gasteiger partial charge in [-0.05, 0) is 13.8 Å². The van der Waals surface area contributed by atoms with E-state index in [-0.39, 0.29) is 18.0 Å². The Labute approximate surface area is 93.4 Å². The minimum Gasteiger partial charge on any atom is -0.289 e. The summed E-state index contributed by atoms with van der Waals surface area (Å²) in [6, 6.07) is 0. The van der Waals surface area contributed by atoms with Crippen molar-refractivity contribution in [1.82, 2.24) is 14.6 Å². The number of amides is 1. The van der Waals surface area contributed by atoms with E-state index in [4.69, 9.17) is 4.84 Å². The maximum atomic E-state index is 11.7. The molecule has 0 atom stereocenters. The first-order valence-corrected chi connectivity index (χ1v) is 4.80. The summed E-state index contributed by atoms with van der Waals surface area (Å²) in [5.41, 5.74) is 1.02. The maximum Gasteiger partial charge on any atom is 0.265 e. The van der Waals surface area contributed by atoms with Crippen molar-refractivity contribution in [2.24, 2.45) is 0 Å². The molecule has 0 aliphatic heterocycles. The second-order valence-electron chi connectivity index (χ2n) is 3.46. The number of carbonyl (C=O) groups is 1. The van der Waals surface area contributed by atoms with Gasteiger partial charge in [-0.2, -0.15) is 0 Å². The molecule has 0 fully saturated rings. The maximum absolute atomic E-state index is 11.7. The molecule has 16 heavy (non-hydrogen) atoms. The summed E-state index contributed by atoms with van der Waals surface area (Å²) in [4.78, 5) is 32.0. The Morgan fingerprint density at radius 2 is 2.19 bits per heavy atom. The second kappa shape index (κ2) is 4.89. The van der Waals surface area contributed by atoms with E-state index in [0.29, 0.717) is 11.3 Å². The molecule has 0 aliphatic carbocycles. The summed E-state index contributed by atoms with van der Waals surface area (Å²) in [7, 11) is 2.88. The summed E-state index contributed by atoms with van der Waals surface area (Å²) >= 11 is 0. The largest absolute Gasteiger partial charge is 0.289 e. The van der Waals surface area contributed by atoms with Crippen LogP contribution in [0.5, 0.6) is 0 Å². The lowest BCUT2D eigenvalue weighted by Crippen LogP contribution is -2.34. The van der Waals surface area contributed by atoms with Crippen LogP contribution in [-0.2, 0) is 16.2 Å². The molecule has 88 valence electrons. The van der Waals surface area contributed by atoms with Gasteiger partial charge in [-0.1, -0.05) is 0 Å². The van der Waals surface area contributed by atoms with Crippen LogP contribution >= 0.6 is 0 Å². The normalized spacial score (nSPS) is 10.2. The molecule has 0 radical (unpaired) electrons. The fourth-order valence-corrected chi connectivity index (χ4v) is 1.14. The van der Waals surface area contributed by atoms with Crippen molar-refractivity contribution >= 4 is 5.91 Å². The van der Waals surface area contributed by atoms with E-state index in [9.17, 15) is 9.59 Å². The smallest absolute Gasteiger partial charge is 0.265 e.